The highest BCUT2D eigenvalue weighted by atomic mass is 32.2. The Bertz CT molecular complexity index is 999. The highest BCUT2D eigenvalue weighted by Crippen LogP contribution is 2.27. The van der Waals surface area contributed by atoms with Gasteiger partial charge in [-0.15, -0.1) is 13.2 Å². The van der Waals surface area contributed by atoms with Gasteiger partial charge in [-0.05, 0) is 45.3 Å². The van der Waals surface area contributed by atoms with Gasteiger partial charge in [0.05, 0.1) is 11.9 Å². The van der Waals surface area contributed by atoms with Crippen LogP contribution in [0.1, 0.15) is 24.5 Å². The van der Waals surface area contributed by atoms with Crippen LogP contribution in [0.4, 0.5) is 13.2 Å². The lowest BCUT2D eigenvalue weighted by Gasteiger charge is -2.27. The number of sulfone groups is 1. The molecule has 7 nitrogen and oxygen atoms in total. The average molecular weight is 447 g/mol. The lowest BCUT2D eigenvalue weighted by molar-refractivity contribution is -0.274. The minimum atomic E-state index is -4.80. The van der Waals surface area contributed by atoms with Crippen LogP contribution in [-0.4, -0.2) is 66.2 Å². The lowest BCUT2D eigenvalue weighted by atomic mass is 10.1. The number of hydrogen-bond donors (Lipinski definition) is 0. The van der Waals surface area contributed by atoms with Gasteiger partial charge < -0.3 is 14.2 Å². The largest absolute Gasteiger partial charge is 0.573 e. The Balaban J connectivity index is 2.40. The van der Waals surface area contributed by atoms with E-state index in [2.05, 4.69) is 9.72 Å². The maximum atomic E-state index is 13.1. The number of rotatable bonds is 8. The van der Waals surface area contributed by atoms with Crippen molar-refractivity contribution in [3.05, 3.63) is 36.3 Å². The molecule has 0 bridgehead atoms. The zero-order valence-corrected chi connectivity index (χ0v) is 18.1. The third-order valence-corrected chi connectivity index (χ3v) is 7.08. The second-order valence-corrected chi connectivity index (χ2v) is 9.45. The van der Waals surface area contributed by atoms with Gasteiger partial charge in [0.2, 0.25) is 5.78 Å². The van der Waals surface area contributed by atoms with E-state index in [-0.39, 0.29) is 17.3 Å². The monoisotopic (exact) mass is 447 g/mol. The topological polar surface area (TPSA) is 81.5 Å². The summed E-state index contributed by atoms with van der Waals surface area (Å²) in [6.45, 7) is 3.13. The number of imidazole rings is 1. The summed E-state index contributed by atoms with van der Waals surface area (Å²) < 4.78 is 67.5. The van der Waals surface area contributed by atoms with Crippen LogP contribution < -0.4 is 4.74 Å². The van der Waals surface area contributed by atoms with E-state index in [1.54, 1.807) is 33.0 Å². The summed E-state index contributed by atoms with van der Waals surface area (Å²) in [5, 5.41) is -1.30. The Morgan fingerprint density at radius 1 is 1.23 bits per heavy atom. The number of alkyl halides is 3. The molecule has 0 N–H and O–H groups in total. The van der Waals surface area contributed by atoms with Gasteiger partial charge in [-0.2, -0.15) is 0 Å². The summed E-state index contributed by atoms with van der Waals surface area (Å²) in [6.07, 6.45) is -3.42. The maximum absolute atomic E-state index is 13.1. The maximum Gasteiger partial charge on any atom is 0.573 e. The number of carbonyl (C=O) groups is 1. The van der Waals surface area contributed by atoms with E-state index in [1.807, 2.05) is 0 Å². The highest BCUT2D eigenvalue weighted by molar-refractivity contribution is 7.92. The van der Waals surface area contributed by atoms with Gasteiger partial charge >= 0.3 is 6.36 Å². The number of ketones is 1. The summed E-state index contributed by atoms with van der Waals surface area (Å²) in [4.78, 5) is 18.9. The van der Waals surface area contributed by atoms with Gasteiger partial charge in [0.1, 0.15) is 11.0 Å². The first kappa shape index (κ1) is 23.9. The number of benzene rings is 1. The second kappa shape index (κ2) is 8.76. The van der Waals surface area contributed by atoms with Crippen molar-refractivity contribution in [1.82, 2.24) is 14.5 Å². The molecule has 166 valence electrons. The molecular weight excluding hydrogens is 423 g/mol. The Hall–Kier alpha value is -2.40. The van der Waals surface area contributed by atoms with Crippen molar-refractivity contribution < 1.29 is 31.1 Å². The zero-order valence-electron chi connectivity index (χ0n) is 17.3. The van der Waals surface area contributed by atoms with Crippen LogP contribution in [0.3, 0.4) is 0 Å². The minimum Gasteiger partial charge on any atom is -0.406 e. The van der Waals surface area contributed by atoms with Crippen LogP contribution in [0.2, 0.25) is 0 Å². The summed E-state index contributed by atoms with van der Waals surface area (Å²) in [5.74, 6) is -1.25. The number of hydrogen-bond acceptors (Lipinski definition) is 6. The van der Waals surface area contributed by atoms with Crippen LogP contribution >= 0.6 is 0 Å². The van der Waals surface area contributed by atoms with Crippen LogP contribution in [0.15, 0.2) is 30.5 Å². The van der Waals surface area contributed by atoms with Crippen LogP contribution in [0, 0.1) is 0 Å². The molecule has 0 fully saturated rings. The number of Topliss-reactive ketones (excluding diaryl/α,β-unsaturated/α-hetero) is 1. The first-order valence-corrected chi connectivity index (χ1v) is 10.8. The van der Waals surface area contributed by atoms with Gasteiger partial charge in [0.15, 0.2) is 15.7 Å². The van der Waals surface area contributed by atoms with Gasteiger partial charge in [-0.3, -0.25) is 4.79 Å². The molecule has 1 unspecified atom stereocenters. The van der Waals surface area contributed by atoms with Gasteiger partial charge in [0.25, 0.3) is 0 Å². The minimum absolute atomic E-state index is 0.0451. The fourth-order valence-corrected chi connectivity index (χ4v) is 4.63. The fraction of sp³-hybridized carbons (Fsp3) is 0.474. The number of aromatic nitrogens is 2. The summed E-state index contributed by atoms with van der Waals surface area (Å²) in [6, 6.07) is 4.51. The molecule has 2 atom stereocenters. The van der Waals surface area contributed by atoms with Gasteiger partial charge in [0, 0.05) is 24.4 Å². The summed E-state index contributed by atoms with van der Waals surface area (Å²) >= 11 is 0. The van der Waals surface area contributed by atoms with E-state index >= 15 is 0 Å². The fourth-order valence-electron chi connectivity index (χ4n) is 2.99. The van der Waals surface area contributed by atoms with Crippen LogP contribution in [-0.2, 0) is 16.9 Å². The van der Waals surface area contributed by atoms with Crippen LogP contribution in [0.25, 0.3) is 11.3 Å². The molecule has 30 heavy (non-hydrogen) atoms. The molecule has 0 radical (unpaired) electrons. The first-order valence-electron chi connectivity index (χ1n) is 9.08. The molecule has 2 rings (SSSR count). The number of nitrogens with zero attached hydrogens (tertiary/aromatic N) is 3. The third-order valence-electron chi connectivity index (χ3n) is 4.89. The molecular formula is C19H24F3N3O4S. The first-order chi connectivity index (χ1) is 13.8. The Kier molecular flexibility index (Phi) is 6.97. The van der Waals surface area contributed by atoms with Gasteiger partial charge in [-0.25, -0.2) is 13.4 Å². The molecule has 11 heteroatoms. The van der Waals surface area contributed by atoms with Crippen molar-refractivity contribution >= 4 is 15.6 Å². The molecule has 0 aliphatic rings. The molecule has 0 amide bonds. The SMILES string of the molecule is CCS(=O)(=O)C(C(=O)c1ncc(-c2ccc(OC(F)(F)F)cc2)n1C)[C@@H](C)N(C)C. The normalized spacial score (nSPS) is 14.6. The molecule has 0 spiro atoms. The Labute approximate surface area is 173 Å². The average Bonchev–Trinajstić information content (AvgIpc) is 3.02. The number of ether oxygens (including phenoxy) is 1. The molecule has 1 aromatic carbocycles. The number of carbonyl (C=O) groups excluding carboxylic acids is 1. The van der Waals surface area contributed by atoms with E-state index in [4.69, 9.17) is 0 Å². The zero-order chi connectivity index (χ0) is 22.9. The van der Waals surface area contributed by atoms with Gasteiger partial charge in [-0.1, -0.05) is 6.92 Å². The standard InChI is InChI=1S/C19H24F3N3O4S/c1-6-30(27,28)17(12(2)24(3)4)16(26)18-23-11-15(25(18)5)13-7-9-14(10-8-13)29-19(20,21)22/h7-12,17H,6H2,1-5H3/t12-,17?/m1/s1. The van der Waals surface area contributed by atoms with Crippen LogP contribution in [0.5, 0.6) is 5.75 Å². The molecule has 2 aromatic rings. The van der Waals surface area contributed by atoms with Crippen molar-refractivity contribution in [2.75, 3.05) is 19.8 Å². The Morgan fingerprint density at radius 3 is 2.27 bits per heavy atom. The van der Waals surface area contributed by atoms with E-state index in [1.165, 1.54) is 29.8 Å². The van der Waals surface area contributed by atoms with Crippen molar-refractivity contribution in [3.8, 4) is 17.0 Å². The lowest BCUT2D eigenvalue weighted by Crippen LogP contribution is -2.47. The van der Waals surface area contributed by atoms with Crippen molar-refractivity contribution in [1.29, 1.82) is 0 Å². The summed E-state index contributed by atoms with van der Waals surface area (Å²) in [7, 11) is 1.20. The summed E-state index contributed by atoms with van der Waals surface area (Å²) in [5.41, 5.74) is 0.941. The van der Waals surface area contributed by atoms with E-state index < -0.39 is 33.3 Å². The van der Waals surface area contributed by atoms with Crippen molar-refractivity contribution in [3.63, 3.8) is 0 Å². The van der Waals surface area contributed by atoms with E-state index in [0.717, 1.165) is 12.1 Å². The molecule has 0 saturated heterocycles. The van der Waals surface area contributed by atoms with E-state index in [9.17, 15) is 26.4 Å². The quantitative estimate of drug-likeness (QED) is 0.579. The smallest absolute Gasteiger partial charge is 0.406 e. The predicted molar refractivity (Wildman–Crippen MR) is 106 cm³/mol. The van der Waals surface area contributed by atoms with E-state index in [0.29, 0.717) is 11.3 Å². The van der Waals surface area contributed by atoms with Crippen molar-refractivity contribution in [2.24, 2.45) is 7.05 Å². The molecule has 0 aliphatic carbocycles. The molecule has 1 aromatic heterocycles. The van der Waals surface area contributed by atoms with Crippen molar-refractivity contribution in [2.45, 2.75) is 31.5 Å². The predicted octanol–water partition coefficient (Wildman–Crippen LogP) is 2.92. The number of halogens is 3. The Morgan fingerprint density at radius 2 is 1.80 bits per heavy atom. The molecule has 0 aliphatic heterocycles. The highest BCUT2D eigenvalue weighted by Gasteiger charge is 2.39. The molecule has 0 saturated carbocycles. The third kappa shape index (κ3) is 5.20. The molecule has 1 heterocycles. The second-order valence-electron chi connectivity index (χ2n) is 7.04.